The molecule has 0 radical (unpaired) electrons. The minimum Gasteiger partial charge on any atom is -0.480 e. The molecule has 0 heterocycles. The molecule has 0 saturated carbocycles. The number of halogens is 1. The summed E-state index contributed by atoms with van der Waals surface area (Å²) in [6.45, 7) is 1.48. The summed E-state index contributed by atoms with van der Waals surface area (Å²) in [5, 5.41) is 9.02. The van der Waals surface area contributed by atoms with Crippen molar-refractivity contribution in [1.82, 2.24) is 4.90 Å². The van der Waals surface area contributed by atoms with Gasteiger partial charge in [-0.15, -0.1) is 0 Å². The molecule has 26 heavy (non-hydrogen) atoms. The van der Waals surface area contributed by atoms with Crippen molar-refractivity contribution in [2.45, 2.75) is 26.3 Å². The lowest BCUT2D eigenvalue weighted by molar-refractivity contribution is -0.144. The number of carbonyl (C=O) groups is 3. The molecule has 0 atom stereocenters. The molecule has 0 spiro atoms. The molecule has 0 fully saturated rings. The van der Waals surface area contributed by atoms with Crippen molar-refractivity contribution in [3.8, 4) is 0 Å². The summed E-state index contributed by atoms with van der Waals surface area (Å²) in [5.41, 5.74) is 2.17. The highest BCUT2D eigenvalue weighted by molar-refractivity contribution is 5.98. The molecule has 2 aromatic carbocycles. The van der Waals surface area contributed by atoms with Crippen LogP contribution in [-0.4, -0.2) is 34.2 Å². The van der Waals surface area contributed by atoms with Crippen molar-refractivity contribution < 1.29 is 23.9 Å². The van der Waals surface area contributed by atoms with Crippen molar-refractivity contribution in [2.24, 2.45) is 0 Å². The van der Waals surface area contributed by atoms with Crippen LogP contribution in [0, 0.1) is 12.7 Å². The number of ketones is 1. The van der Waals surface area contributed by atoms with Crippen LogP contribution in [0.25, 0.3) is 0 Å². The van der Waals surface area contributed by atoms with E-state index >= 15 is 0 Å². The van der Waals surface area contributed by atoms with Crippen LogP contribution in [0.5, 0.6) is 0 Å². The first-order valence-electron chi connectivity index (χ1n) is 8.19. The van der Waals surface area contributed by atoms with E-state index in [9.17, 15) is 18.8 Å². The summed E-state index contributed by atoms with van der Waals surface area (Å²) >= 11 is 0. The number of amides is 1. The Morgan fingerprint density at radius 1 is 0.962 bits per heavy atom. The molecule has 136 valence electrons. The Morgan fingerprint density at radius 3 is 2.15 bits per heavy atom. The lowest BCUT2D eigenvalue weighted by Gasteiger charge is -2.21. The number of Topliss-reactive ketones (excluding diaryl/α,β-unsaturated/α-hetero) is 1. The number of carboxylic acid groups (broad SMARTS) is 1. The molecule has 0 bridgehead atoms. The van der Waals surface area contributed by atoms with E-state index in [0.717, 1.165) is 10.5 Å². The maximum absolute atomic E-state index is 13.0. The van der Waals surface area contributed by atoms with E-state index in [1.807, 2.05) is 19.1 Å². The van der Waals surface area contributed by atoms with Crippen molar-refractivity contribution in [2.75, 3.05) is 6.54 Å². The first-order valence-corrected chi connectivity index (χ1v) is 8.19. The van der Waals surface area contributed by atoms with Crippen LogP contribution in [0.4, 0.5) is 4.39 Å². The van der Waals surface area contributed by atoms with Gasteiger partial charge in [0.05, 0.1) is 0 Å². The van der Waals surface area contributed by atoms with E-state index in [0.29, 0.717) is 11.1 Å². The Bertz CT molecular complexity index is 784. The van der Waals surface area contributed by atoms with Gasteiger partial charge in [0.15, 0.2) is 5.78 Å². The molecule has 0 aliphatic rings. The average Bonchev–Trinajstić information content (AvgIpc) is 2.61. The van der Waals surface area contributed by atoms with Gasteiger partial charge in [-0.3, -0.25) is 14.4 Å². The fraction of sp³-hybridized carbons (Fsp3) is 0.250. The lowest BCUT2D eigenvalue weighted by atomic mass is 10.0. The van der Waals surface area contributed by atoms with E-state index in [2.05, 4.69) is 0 Å². The van der Waals surface area contributed by atoms with Gasteiger partial charge in [-0.05, 0) is 24.6 Å². The van der Waals surface area contributed by atoms with Crippen LogP contribution in [0.2, 0.25) is 0 Å². The molecule has 1 amide bonds. The molecule has 2 rings (SSSR count). The number of aryl methyl sites for hydroxylation is 1. The Morgan fingerprint density at radius 2 is 1.58 bits per heavy atom. The third-order valence-corrected chi connectivity index (χ3v) is 3.90. The van der Waals surface area contributed by atoms with Gasteiger partial charge in [-0.25, -0.2) is 4.39 Å². The molecule has 1 N–H and O–H groups in total. The van der Waals surface area contributed by atoms with Gasteiger partial charge in [0.2, 0.25) is 5.91 Å². The minimum absolute atomic E-state index is 0.00142. The van der Waals surface area contributed by atoms with E-state index in [-0.39, 0.29) is 25.2 Å². The van der Waals surface area contributed by atoms with Crippen LogP contribution in [0.3, 0.4) is 0 Å². The number of nitrogens with zero attached hydrogens (tertiary/aromatic N) is 1. The SMILES string of the molecule is Cc1ccc(C(=O)CCC(=O)N(CC(=O)O)Cc2ccc(F)cc2)cc1. The maximum Gasteiger partial charge on any atom is 0.323 e. The largest absolute Gasteiger partial charge is 0.480 e. The highest BCUT2D eigenvalue weighted by Gasteiger charge is 2.18. The predicted molar refractivity (Wildman–Crippen MR) is 94.2 cm³/mol. The molecule has 0 saturated heterocycles. The fourth-order valence-electron chi connectivity index (χ4n) is 2.47. The topological polar surface area (TPSA) is 74.7 Å². The van der Waals surface area contributed by atoms with Gasteiger partial charge in [0, 0.05) is 24.9 Å². The Kier molecular flexibility index (Phi) is 6.60. The summed E-state index contributed by atoms with van der Waals surface area (Å²) < 4.78 is 13.0. The van der Waals surface area contributed by atoms with Crippen LogP contribution < -0.4 is 0 Å². The van der Waals surface area contributed by atoms with Gasteiger partial charge in [-0.2, -0.15) is 0 Å². The molecule has 0 aromatic heterocycles. The zero-order valence-corrected chi connectivity index (χ0v) is 14.4. The second-order valence-electron chi connectivity index (χ2n) is 6.06. The van der Waals surface area contributed by atoms with E-state index in [4.69, 9.17) is 5.11 Å². The number of carboxylic acids is 1. The fourth-order valence-corrected chi connectivity index (χ4v) is 2.47. The van der Waals surface area contributed by atoms with Crippen molar-refractivity contribution in [1.29, 1.82) is 0 Å². The quantitative estimate of drug-likeness (QED) is 0.736. The average molecular weight is 357 g/mol. The highest BCUT2D eigenvalue weighted by Crippen LogP contribution is 2.12. The lowest BCUT2D eigenvalue weighted by Crippen LogP contribution is -2.35. The molecule has 0 aliphatic heterocycles. The normalized spacial score (nSPS) is 10.4. The van der Waals surface area contributed by atoms with Crippen molar-refractivity contribution in [3.63, 3.8) is 0 Å². The van der Waals surface area contributed by atoms with Crippen LogP contribution in [0.1, 0.15) is 34.3 Å². The van der Waals surface area contributed by atoms with Gasteiger partial charge >= 0.3 is 5.97 Å². The van der Waals surface area contributed by atoms with Crippen molar-refractivity contribution >= 4 is 17.7 Å². The predicted octanol–water partition coefficient (Wildman–Crippen LogP) is 3.21. The van der Waals surface area contributed by atoms with Gasteiger partial charge in [0.25, 0.3) is 0 Å². The summed E-state index contributed by atoms with van der Waals surface area (Å²) in [5.74, 6) is -2.16. The third-order valence-electron chi connectivity index (χ3n) is 3.90. The minimum atomic E-state index is -1.15. The molecular weight excluding hydrogens is 337 g/mol. The monoisotopic (exact) mass is 357 g/mol. The summed E-state index contributed by atoms with van der Waals surface area (Å²) in [7, 11) is 0. The van der Waals surface area contributed by atoms with E-state index in [1.54, 1.807) is 12.1 Å². The van der Waals surface area contributed by atoms with Crippen LogP contribution in [0.15, 0.2) is 48.5 Å². The standard InChI is InChI=1S/C20H20FNO4/c1-14-2-6-16(7-3-14)18(23)10-11-19(24)22(13-20(25)26)12-15-4-8-17(21)9-5-15/h2-9H,10-13H2,1H3,(H,25,26). The van der Waals surface area contributed by atoms with Crippen LogP contribution in [-0.2, 0) is 16.1 Å². The number of hydrogen-bond acceptors (Lipinski definition) is 3. The molecule has 5 nitrogen and oxygen atoms in total. The summed E-state index contributed by atoms with van der Waals surface area (Å²) in [4.78, 5) is 36.7. The third kappa shape index (κ3) is 5.81. The summed E-state index contributed by atoms with van der Waals surface area (Å²) in [6, 6.07) is 12.5. The highest BCUT2D eigenvalue weighted by atomic mass is 19.1. The molecule has 0 aliphatic carbocycles. The van der Waals surface area contributed by atoms with E-state index < -0.39 is 24.2 Å². The number of aliphatic carboxylic acids is 1. The van der Waals surface area contributed by atoms with Gasteiger partial charge < -0.3 is 10.0 Å². The smallest absolute Gasteiger partial charge is 0.323 e. The Balaban J connectivity index is 1.99. The zero-order valence-electron chi connectivity index (χ0n) is 14.4. The Hall–Kier alpha value is -3.02. The molecule has 0 unspecified atom stereocenters. The summed E-state index contributed by atoms with van der Waals surface area (Å²) in [6.07, 6.45) is -0.0807. The second kappa shape index (κ2) is 8.89. The van der Waals surface area contributed by atoms with E-state index in [1.165, 1.54) is 24.3 Å². The molecule has 6 heteroatoms. The van der Waals surface area contributed by atoms with Crippen molar-refractivity contribution in [3.05, 3.63) is 71.0 Å². The first-order chi connectivity index (χ1) is 12.3. The number of carbonyl (C=O) groups excluding carboxylic acids is 2. The van der Waals surface area contributed by atoms with Gasteiger partial charge in [0.1, 0.15) is 12.4 Å². The zero-order chi connectivity index (χ0) is 19.1. The van der Waals surface area contributed by atoms with Crippen LogP contribution >= 0.6 is 0 Å². The molecule has 2 aromatic rings. The number of benzene rings is 2. The Labute approximate surface area is 151 Å². The van der Waals surface area contributed by atoms with Gasteiger partial charge in [-0.1, -0.05) is 42.0 Å². The first kappa shape index (κ1) is 19.3. The second-order valence-corrected chi connectivity index (χ2v) is 6.06. The maximum atomic E-state index is 13.0. The molecular formula is C20H20FNO4. The number of hydrogen-bond donors (Lipinski definition) is 1. The number of rotatable bonds is 8.